The quantitative estimate of drug-likeness (QED) is 0.788. The van der Waals surface area contributed by atoms with Crippen LogP contribution in [-0.4, -0.2) is 21.9 Å². The van der Waals surface area contributed by atoms with E-state index in [4.69, 9.17) is 11.5 Å². The molecule has 1 aromatic heterocycles. The van der Waals surface area contributed by atoms with E-state index >= 15 is 0 Å². The van der Waals surface area contributed by atoms with Crippen LogP contribution in [0.2, 0.25) is 0 Å². The van der Waals surface area contributed by atoms with E-state index in [0.29, 0.717) is 23.5 Å². The number of anilines is 2. The summed E-state index contributed by atoms with van der Waals surface area (Å²) in [6, 6.07) is 9.28. The Morgan fingerprint density at radius 3 is 2.67 bits per heavy atom. The summed E-state index contributed by atoms with van der Waals surface area (Å²) in [5, 5.41) is 0. The predicted molar refractivity (Wildman–Crippen MR) is 83.9 cm³/mol. The fourth-order valence-electron chi connectivity index (χ4n) is 3.03. The van der Waals surface area contributed by atoms with Crippen LogP contribution in [-0.2, 0) is 6.54 Å². The molecule has 1 atom stereocenters. The molecule has 4 N–H and O–H groups in total. The lowest BCUT2D eigenvalue weighted by Gasteiger charge is -2.35. The molecule has 1 aliphatic rings. The van der Waals surface area contributed by atoms with Gasteiger partial charge in [0.15, 0.2) is 0 Å². The number of hydrogen-bond donors (Lipinski definition) is 2. The van der Waals surface area contributed by atoms with Gasteiger partial charge in [0.25, 0.3) is 5.91 Å². The minimum absolute atomic E-state index is 0.0369. The van der Waals surface area contributed by atoms with Crippen molar-refractivity contribution in [3.8, 4) is 0 Å². The van der Waals surface area contributed by atoms with E-state index in [1.165, 1.54) is 11.4 Å². The highest BCUT2D eigenvalue weighted by Gasteiger charge is 2.29. The monoisotopic (exact) mass is 284 g/mol. The van der Waals surface area contributed by atoms with Gasteiger partial charge in [-0.05, 0) is 44.2 Å². The maximum Gasteiger partial charge on any atom is 0.256 e. The Kier molecular flexibility index (Phi) is 3.12. The van der Waals surface area contributed by atoms with Gasteiger partial charge in [0, 0.05) is 35.9 Å². The van der Waals surface area contributed by atoms with E-state index < -0.39 is 0 Å². The van der Waals surface area contributed by atoms with Gasteiger partial charge < -0.3 is 20.9 Å². The molecular weight excluding hydrogens is 264 g/mol. The molecule has 1 aliphatic heterocycles. The first-order valence-corrected chi connectivity index (χ1v) is 7.11. The lowest BCUT2D eigenvalue weighted by Crippen LogP contribution is -2.41. The molecule has 0 bridgehead atoms. The summed E-state index contributed by atoms with van der Waals surface area (Å²) in [6.07, 6.45) is 0. The van der Waals surface area contributed by atoms with Crippen LogP contribution >= 0.6 is 0 Å². The van der Waals surface area contributed by atoms with Crippen molar-refractivity contribution < 1.29 is 4.79 Å². The molecule has 2 heterocycles. The Bertz CT molecular complexity index is 704. The zero-order chi connectivity index (χ0) is 15.1. The molecule has 3 rings (SSSR count). The van der Waals surface area contributed by atoms with Crippen LogP contribution in [0.5, 0.6) is 0 Å². The number of amides is 1. The number of aromatic nitrogens is 1. The fraction of sp³-hybridized carbons (Fsp3) is 0.312. The third-order valence-electron chi connectivity index (χ3n) is 4.26. The number of nitrogen functional groups attached to an aromatic ring is 2. The normalized spacial score (nSPS) is 17.6. The first-order valence-electron chi connectivity index (χ1n) is 7.11. The van der Waals surface area contributed by atoms with Crippen molar-refractivity contribution >= 4 is 17.3 Å². The molecule has 0 saturated heterocycles. The minimum atomic E-state index is -0.0369. The lowest BCUT2D eigenvalue weighted by molar-refractivity contribution is 0.0644. The molecule has 0 spiro atoms. The van der Waals surface area contributed by atoms with Crippen LogP contribution in [0.1, 0.15) is 34.7 Å². The highest BCUT2D eigenvalue weighted by molar-refractivity contribution is 6.00. The summed E-state index contributed by atoms with van der Waals surface area (Å²) in [4.78, 5) is 14.6. The number of benzene rings is 1. The molecular formula is C16H20N4O. The molecule has 1 amide bonds. The first kappa shape index (κ1) is 13.5. The molecule has 5 heteroatoms. The maximum atomic E-state index is 12.8. The number of nitrogens with zero attached hydrogens (tertiary/aromatic N) is 2. The van der Waals surface area contributed by atoms with Gasteiger partial charge in [-0.1, -0.05) is 0 Å². The van der Waals surface area contributed by atoms with Gasteiger partial charge in [-0.15, -0.1) is 0 Å². The standard InChI is InChI=1S/C16H20N4O/c1-10-3-6-15-11(2)20(8-7-19(10)15)16(21)13-5-4-12(17)9-14(13)18/h3-6,9,11H,7-8,17-18H2,1-2H3. The van der Waals surface area contributed by atoms with Gasteiger partial charge in [0.2, 0.25) is 0 Å². The third-order valence-corrected chi connectivity index (χ3v) is 4.26. The summed E-state index contributed by atoms with van der Waals surface area (Å²) in [6.45, 7) is 5.65. The Balaban J connectivity index is 1.93. The van der Waals surface area contributed by atoms with Gasteiger partial charge in [-0.3, -0.25) is 4.79 Å². The fourth-order valence-corrected chi connectivity index (χ4v) is 3.03. The number of aryl methyl sites for hydroxylation is 1. The molecule has 110 valence electrons. The van der Waals surface area contributed by atoms with Gasteiger partial charge in [0.1, 0.15) is 0 Å². The van der Waals surface area contributed by atoms with Crippen molar-refractivity contribution in [2.45, 2.75) is 26.4 Å². The van der Waals surface area contributed by atoms with E-state index in [1.54, 1.807) is 18.2 Å². The average Bonchev–Trinajstić information content (AvgIpc) is 2.81. The van der Waals surface area contributed by atoms with Crippen LogP contribution in [0.15, 0.2) is 30.3 Å². The first-order chi connectivity index (χ1) is 9.99. The lowest BCUT2D eigenvalue weighted by atomic mass is 10.1. The van der Waals surface area contributed by atoms with E-state index in [0.717, 1.165) is 6.54 Å². The zero-order valence-corrected chi connectivity index (χ0v) is 12.3. The van der Waals surface area contributed by atoms with Crippen molar-refractivity contribution in [1.82, 2.24) is 9.47 Å². The Hall–Kier alpha value is -2.43. The second kappa shape index (κ2) is 4.84. The number of rotatable bonds is 1. The van der Waals surface area contributed by atoms with Crippen LogP contribution in [0.3, 0.4) is 0 Å². The molecule has 5 nitrogen and oxygen atoms in total. The molecule has 0 saturated carbocycles. The highest BCUT2D eigenvalue weighted by Crippen LogP contribution is 2.29. The molecule has 2 aromatic rings. The smallest absolute Gasteiger partial charge is 0.256 e. The second-order valence-electron chi connectivity index (χ2n) is 5.57. The molecule has 0 fully saturated rings. The Labute approximate surface area is 124 Å². The van der Waals surface area contributed by atoms with Crippen LogP contribution < -0.4 is 11.5 Å². The highest BCUT2D eigenvalue weighted by atomic mass is 16.2. The van der Waals surface area contributed by atoms with Crippen molar-refractivity contribution in [3.05, 3.63) is 47.3 Å². The Morgan fingerprint density at radius 2 is 1.95 bits per heavy atom. The second-order valence-corrected chi connectivity index (χ2v) is 5.57. The third kappa shape index (κ3) is 2.14. The van der Waals surface area contributed by atoms with Crippen LogP contribution in [0.25, 0.3) is 0 Å². The van der Waals surface area contributed by atoms with E-state index in [1.807, 2.05) is 4.90 Å². The summed E-state index contributed by atoms with van der Waals surface area (Å²) in [7, 11) is 0. The summed E-state index contributed by atoms with van der Waals surface area (Å²) in [5.41, 5.74) is 15.6. The number of nitrogens with two attached hydrogens (primary N) is 2. The number of hydrogen-bond acceptors (Lipinski definition) is 3. The SMILES string of the molecule is Cc1ccc2n1CCN(C(=O)c1ccc(N)cc1N)C2C. The zero-order valence-electron chi connectivity index (χ0n) is 12.3. The number of fused-ring (bicyclic) bond motifs is 1. The van der Waals surface area contributed by atoms with Crippen molar-refractivity contribution in [2.75, 3.05) is 18.0 Å². The maximum absolute atomic E-state index is 12.8. The molecule has 1 unspecified atom stereocenters. The van der Waals surface area contributed by atoms with Crippen LogP contribution in [0, 0.1) is 6.92 Å². The summed E-state index contributed by atoms with van der Waals surface area (Å²) in [5.74, 6) is -0.0369. The van der Waals surface area contributed by atoms with E-state index in [9.17, 15) is 4.79 Å². The summed E-state index contributed by atoms with van der Waals surface area (Å²) >= 11 is 0. The van der Waals surface area contributed by atoms with Crippen LogP contribution in [0.4, 0.5) is 11.4 Å². The van der Waals surface area contributed by atoms with Gasteiger partial charge in [-0.25, -0.2) is 0 Å². The topological polar surface area (TPSA) is 77.3 Å². The largest absolute Gasteiger partial charge is 0.399 e. The van der Waals surface area contributed by atoms with Crippen molar-refractivity contribution in [1.29, 1.82) is 0 Å². The van der Waals surface area contributed by atoms with Crippen molar-refractivity contribution in [2.24, 2.45) is 0 Å². The minimum Gasteiger partial charge on any atom is -0.399 e. The van der Waals surface area contributed by atoms with E-state index in [-0.39, 0.29) is 11.9 Å². The predicted octanol–water partition coefficient (Wildman–Crippen LogP) is 2.18. The number of carbonyl (C=O) groups excluding carboxylic acids is 1. The molecule has 0 radical (unpaired) electrons. The van der Waals surface area contributed by atoms with E-state index in [2.05, 4.69) is 30.5 Å². The molecule has 1 aromatic carbocycles. The van der Waals surface area contributed by atoms with Gasteiger partial charge in [-0.2, -0.15) is 0 Å². The molecule has 0 aliphatic carbocycles. The Morgan fingerprint density at radius 1 is 1.19 bits per heavy atom. The molecule has 21 heavy (non-hydrogen) atoms. The summed E-state index contributed by atoms with van der Waals surface area (Å²) < 4.78 is 2.26. The van der Waals surface area contributed by atoms with Gasteiger partial charge >= 0.3 is 0 Å². The van der Waals surface area contributed by atoms with Gasteiger partial charge in [0.05, 0.1) is 11.6 Å². The number of carbonyl (C=O) groups is 1. The average molecular weight is 284 g/mol. The van der Waals surface area contributed by atoms with Crippen molar-refractivity contribution in [3.63, 3.8) is 0 Å².